The summed E-state index contributed by atoms with van der Waals surface area (Å²) in [5, 5.41) is 6.94. The van der Waals surface area contributed by atoms with E-state index in [9.17, 15) is 17.6 Å². The van der Waals surface area contributed by atoms with Crippen molar-refractivity contribution in [1.29, 1.82) is 0 Å². The van der Waals surface area contributed by atoms with Gasteiger partial charge in [-0.25, -0.2) is 14.4 Å². The molecule has 1 N–H and O–H groups in total. The topological polar surface area (TPSA) is 57.7 Å². The highest BCUT2D eigenvalue weighted by Crippen LogP contribution is 2.29. The fourth-order valence-corrected chi connectivity index (χ4v) is 3.21. The Bertz CT molecular complexity index is 966. The third-order valence-electron chi connectivity index (χ3n) is 4.49. The number of benzene rings is 1. The Labute approximate surface area is 152 Å². The lowest BCUT2D eigenvalue weighted by Gasteiger charge is -2.28. The Hall–Kier alpha value is -2.81. The first-order valence-electron chi connectivity index (χ1n) is 8.32. The molecule has 0 bridgehead atoms. The summed E-state index contributed by atoms with van der Waals surface area (Å²) in [6.07, 6.45) is -1.20. The van der Waals surface area contributed by atoms with Crippen molar-refractivity contribution in [3.63, 3.8) is 0 Å². The molecule has 0 saturated carbocycles. The Morgan fingerprint density at radius 1 is 1.19 bits per heavy atom. The van der Waals surface area contributed by atoms with Crippen molar-refractivity contribution in [2.24, 2.45) is 0 Å². The molecule has 2 aromatic heterocycles. The molecule has 0 spiro atoms. The van der Waals surface area contributed by atoms with Crippen molar-refractivity contribution >= 4 is 0 Å². The van der Waals surface area contributed by atoms with Gasteiger partial charge in [0, 0.05) is 48.9 Å². The molecule has 0 fully saturated rings. The molecule has 3 aromatic rings. The minimum atomic E-state index is -4.54. The molecule has 5 nitrogen and oxygen atoms in total. The lowest BCUT2D eigenvalue weighted by molar-refractivity contribution is -0.145. The molecular weight excluding hydrogens is 362 g/mol. The number of H-pyrrole nitrogens is 1. The number of halogens is 4. The van der Waals surface area contributed by atoms with Crippen molar-refractivity contribution < 1.29 is 17.6 Å². The van der Waals surface area contributed by atoms with E-state index in [4.69, 9.17) is 0 Å². The summed E-state index contributed by atoms with van der Waals surface area (Å²) in [5.74, 6) is -1.43. The van der Waals surface area contributed by atoms with Gasteiger partial charge < -0.3 is 0 Å². The Kier molecular flexibility index (Phi) is 4.39. The van der Waals surface area contributed by atoms with Gasteiger partial charge in [0.2, 0.25) is 5.82 Å². The lowest BCUT2D eigenvalue weighted by atomic mass is 10.0. The summed E-state index contributed by atoms with van der Waals surface area (Å²) >= 11 is 0. The zero-order chi connectivity index (χ0) is 19.0. The summed E-state index contributed by atoms with van der Waals surface area (Å²) in [7, 11) is 0. The van der Waals surface area contributed by atoms with E-state index >= 15 is 0 Å². The van der Waals surface area contributed by atoms with Gasteiger partial charge in [-0.2, -0.15) is 18.3 Å². The average Bonchev–Trinajstić information content (AvgIpc) is 3.08. The molecule has 4 rings (SSSR count). The fraction of sp³-hybridized carbons (Fsp3) is 0.278. The monoisotopic (exact) mass is 377 g/mol. The minimum Gasteiger partial charge on any atom is -0.294 e. The Morgan fingerprint density at radius 2 is 2.04 bits per heavy atom. The Balaban J connectivity index is 1.52. The number of hydrogen-bond acceptors (Lipinski definition) is 4. The quantitative estimate of drug-likeness (QED) is 0.709. The molecule has 0 saturated heterocycles. The molecule has 0 radical (unpaired) electrons. The molecule has 1 aromatic carbocycles. The van der Waals surface area contributed by atoms with Gasteiger partial charge in [-0.3, -0.25) is 10.00 Å². The number of aromatic nitrogens is 4. The number of alkyl halides is 3. The summed E-state index contributed by atoms with van der Waals surface area (Å²) in [4.78, 5) is 9.19. The molecule has 9 heteroatoms. The second kappa shape index (κ2) is 6.73. The third kappa shape index (κ3) is 3.68. The van der Waals surface area contributed by atoms with E-state index in [2.05, 4.69) is 25.1 Å². The van der Waals surface area contributed by atoms with Crippen LogP contribution in [0.2, 0.25) is 0 Å². The van der Waals surface area contributed by atoms with Gasteiger partial charge in [0.05, 0.1) is 17.6 Å². The van der Waals surface area contributed by atoms with E-state index in [1.54, 1.807) is 18.3 Å². The number of rotatable bonds is 3. The van der Waals surface area contributed by atoms with Crippen LogP contribution in [0.3, 0.4) is 0 Å². The molecule has 1 aliphatic heterocycles. The van der Waals surface area contributed by atoms with Crippen LogP contribution in [0.4, 0.5) is 17.6 Å². The summed E-state index contributed by atoms with van der Waals surface area (Å²) in [6, 6.07) is 6.21. The molecule has 0 unspecified atom stereocenters. The van der Waals surface area contributed by atoms with Crippen LogP contribution >= 0.6 is 0 Å². The zero-order valence-corrected chi connectivity index (χ0v) is 14.1. The number of nitrogens with zero attached hydrogens (tertiary/aromatic N) is 4. The first-order chi connectivity index (χ1) is 12.9. The van der Waals surface area contributed by atoms with E-state index < -0.39 is 12.0 Å². The largest absolute Gasteiger partial charge is 0.451 e. The summed E-state index contributed by atoms with van der Waals surface area (Å²) in [5.41, 5.74) is 3.43. The molecule has 3 heterocycles. The molecule has 0 aliphatic carbocycles. The van der Waals surface area contributed by atoms with Crippen LogP contribution in [0.1, 0.15) is 22.6 Å². The van der Waals surface area contributed by atoms with Crippen molar-refractivity contribution in [2.75, 3.05) is 6.54 Å². The van der Waals surface area contributed by atoms with E-state index in [0.29, 0.717) is 42.9 Å². The van der Waals surface area contributed by atoms with Gasteiger partial charge in [0.1, 0.15) is 5.82 Å². The summed E-state index contributed by atoms with van der Waals surface area (Å²) in [6.45, 7) is 1.54. The molecule has 27 heavy (non-hydrogen) atoms. The predicted molar refractivity (Wildman–Crippen MR) is 88.8 cm³/mol. The lowest BCUT2D eigenvalue weighted by Crippen LogP contribution is -2.31. The van der Waals surface area contributed by atoms with Gasteiger partial charge in [0.25, 0.3) is 0 Å². The van der Waals surface area contributed by atoms with Crippen molar-refractivity contribution in [2.45, 2.75) is 25.7 Å². The van der Waals surface area contributed by atoms with Crippen LogP contribution < -0.4 is 0 Å². The maximum Gasteiger partial charge on any atom is 0.451 e. The van der Waals surface area contributed by atoms with Crippen LogP contribution in [-0.2, 0) is 25.7 Å². The van der Waals surface area contributed by atoms with Crippen LogP contribution in [0.25, 0.3) is 11.3 Å². The van der Waals surface area contributed by atoms with E-state index in [0.717, 1.165) is 11.3 Å². The molecular formula is C18H15F4N5. The van der Waals surface area contributed by atoms with E-state index in [1.807, 2.05) is 0 Å². The fourth-order valence-electron chi connectivity index (χ4n) is 3.21. The maximum absolute atomic E-state index is 13.5. The van der Waals surface area contributed by atoms with Gasteiger partial charge in [-0.1, -0.05) is 12.1 Å². The third-order valence-corrected chi connectivity index (χ3v) is 4.49. The average molecular weight is 377 g/mol. The van der Waals surface area contributed by atoms with E-state index in [1.165, 1.54) is 18.3 Å². The van der Waals surface area contributed by atoms with Crippen LogP contribution in [0.15, 0.2) is 36.7 Å². The highest BCUT2D eigenvalue weighted by molar-refractivity contribution is 5.62. The van der Waals surface area contributed by atoms with Crippen molar-refractivity contribution in [1.82, 2.24) is 25.1 Å². The number of aromatic amines is 1. The standard InChI is InChI=1S/C18H15F4N5/c19-14-3-1-2-11(6-14)16-13(8-24-26-16)10-27-5-4-15-12(9-27)7-23-17(25-15)18(20,21)22/h1-3,6-8H,4-5,9-10H2,(H,24,26). The smallest absolute Gasteiger partial charge is 0.294 e. The predicted octanol–water partition coefficient (Wildman–Crippen LogP) is 3.58. The van der Waals surface area contributed by atoms with Crippen molar-refractivity contribution in [3.05, 3.63) is 65.1 Å². The van der Waals surface area contributed by atoms with Gasteiger partial charge in [0.15, 0.2) is 0 Å². The summed E-state index contributed by atoms with van der Waals surface area (Å²) < 4.78 is 51.7. The number of nitrogens with one attached hydrogen (secondary N) is 1. The number of fused-ring (bicyclic) bond motifs is 1. The molecule has 1 aliphatic rings. The van der Waals surface area contributed by atoms with Crippen LogP contribution in [0, 0.1) is 5.82 Å². The molecule has 0 amide bonds. The minimum absolute atomic E-state index is 0.336. The molecule has 0 atom stereocenters. The van der Waals surface area contributed by atoms with Gasteiger partial charge in [-0.05, 0) is 12.1 Å². The highest BCUT2D eigenvalue weighted by atomic mass is 19.4. The first-order valence-corrected chi connectivity index (χ1v) is 8.32. The zero-order valence-electron chi connectivity index (χ0n) is 14.1. The SMILES string of the molecule is Fc1cccc(-c2[nH]ncc2CN2CCc3nc(C(F)(F)F)ncc3C2)c1. The number of hydrogen-bond donors (Lipinski definition) is 1. The second-order valence-corrected chi connectivity index (χ2v) is 6.40. The van der Waals surface area contributed by atoms with E-state index in [-0.39, 0.29) is 5.82 Å². The second-order valence-electron chi connectivity index (χ2n) is 6.40. The maximum atomic E-state index is 13.5. The van der Waals surface area contributed by atoms with Gasteiger partial charge >= 0.3 is 6.18 Å². The van der Waals surface area contributed by atoms with Crippen molar-refractivity contribution in [3.8, 4) is 11.3 Å². The molecule has 140 valence electrons. The normalized spacial score (nSPS) is 15.0. The highest BCUT2D eigenvalue weighted by Gasteiger charge is 2.35. The van der Waals surface area contributed by atoms with Crippen LogP contribution in [0.5, 0.6) is 0 Å². The first kappa shape index (κ1) is 17.6. The van der Waals surface area contributed by atoms with Crippen LogP contribution in [-0.4, -0.2) is 31.6 Å². The Morgan fingerprint density at radius 3 is 2.81 bits per heavy atom. The van der Waals surface area contributed by atoms with Gasteiger partial charge in [-0.15, -0.1) is 0 Å².